The van der Waals surface area contributed by atoms with E-state index in [9.17, 15) is 70.7 Å². The summed E-state index contributed by atoms with van der Waals surface area (Å²) in [5.74, 6) is 0.479. The molecule has 45 heteroatoms. The van der Waals surface area contributed by atoms with Gasteiger partial charge in [0.2, 0.25) is 16.9 Å². The molecular formula is C98H85BBr2Cl3F15N20O3Sn. The Morgan fingerprint density at radius 3 is 1.13 bits per heavy atom. The smallest absolute Gasteiger partial charge is 0.364 e. The minimum absolute atomic E-state index is 0.0867. The quantitative estimate of drug-likeness (QED) is 0.0385. The third-order valence-corrected chi connectivity index (χ3v) is 39.8. The molecule has 16 aromatic rings. The van der Waals surface area contributed by atoms with Crippen molar-refractivity contribution in [2.45, 2.75) is 163 Å². The number of halogens is 20. The predicted molar refractivity (Wildman–Crippen MR) is 527 cm³/mol. The summed E-state index contributed by atoms with van der Waals surface area (Å²) in [6, 6.07) is 41.6. The monoisotopic (exact) mass is 2270 g/mol. The number of primary amides is 1. The Labute approximate surface area is 846 Å². The molecule has 16 aromatic heterocycles. The van der Waals surface area contributed by atoms with Gasteiger partial charge in [0.15, 0.2) is 0 Å². The van der Waals surface area contributed by atoms with Crippen molar-refractivity contribution in [3.8, 4) is 56.2 Å². The first-order valence-corrected chi connectivity index (χ1v) is 53.7. The maximum Gasteiger partial charge on any atom is 0.433 e. The Morgan fingerprint density at radius 2 is 0.755 bits per heavy atom. The molecule has 1 fully saturated rings. The number of amides is 1. The average Bonchev–Trinajstić information content (AvgIpc) is 1.67. The van der Waals surface area contributed by atoms with Gasteiger partial charge >= 0.3 is 168 Å². The Balaban J connectivity index is 0.000000162. The van der Waals surface area contributed by atoms with Gasteiger partial charge in [-0.1, -0.05) is 72.7 Å². The van der Waals surface area contributed by atoms with Crippen LogP contribution in [0.1, 0.15) is 143 Å². The molecule has 17 rings (SSSR count). The van der Waals surface area contributed by atoms with Crippen LogP contribution in [0.15, 0.2) is 222 Å². The second kappa shape index (κ2) is 46.9. The standard InChI is InChI=1S/C20H14F3N5O.C20H12F3N5.C14H6ClF3N4.C12H14BClF3NO2.C8H4BrN3.C6H2BrClF3N.C6H6N.3C4H9.Sn/c1-11-3-2-4-14(26-11)18-13(6-7-16(27-18)20(21,22)23)12-5-8-17-25-9-15(19(24)29)28(17)10-12;1-12-4-3-5-15(26-12)19-14(7-8-16(27-19)20(21,22)23)13-6-9-17-25-10-18(24-2)28(17)11-13;1-19-12-6-20-11-5-2-8(7-22(11)12)9-3-4-10(14(16,17)18)21-13(9)15;1-10(2)11(3,4)20-13(19-10)7-5-6-8(12(15,16)17)18-9(7)14;1-10-8-4-11-7-3-2-6(9)5-12(7)8;7-3-1-2-4(6(9,10)11)12-5(3)8;1-6-4-2-3-5-7-6;3*1-3-4-2;/h2-10H,1H3,(H2,24,29);3-11H,1H3;2-7H;5-6H,1-4H3;2-5H;1-2H;2-4H,1H3;3*1,3-4H2,2H3;. The zero-order valence-corrected chi connectivity index (χ0v) is 85.8. The maximum absolute atomic E-state index is 13.3. The molecule has 0 saturated carbocycles. The van der Waals surface area contributed by atoms with Gasteiger partial charge in [-0.15, -0.1) is 0 Å². The minimum Gasteiger partial charge on any atom is -0.364 e. The molecule has 2 N–H and O–H groups in total. The molecule has 143 heavy (non-hydrogen) atoms. The third-order valence-electron chi connectivity index (χ3n) is 22.5. The first kappa shape index (κ1) is 111. The summed E-state index contributed by atoms with van der Waals surface area (Å²) in [4.78, 5) is 69.3. The fraction of sp³-hybridized carbons (Fsp3) is 0.265. The Bertz CT molecular complexity index is 7370. The van der Waals surface area contributed by atoms with E-state index in [1.54, 1.807) is 124 Å². The van der Waals surface area contributed by atoms with E-state index in [-0.39, 0.29) is 32.5 Å². The van der Waals surface area contributed by atoms with Crippen LogP contribution in [-0.4, -0.2) is 120 Å². The second-order valence-electron chi connectivity index (χ2n) is 33.1. The van der Waals surface area contributed by atoms with Crippen LogP contribution in [0.25, 0.3) is 93.3 Å². The zero-order chi connectivity index (χ0) is 105. The number of aromatic nitrogens is 16. The molecule has 0 bridgehead atoms. The summed E-state index contributed by atoms with van der Waals surface area (Å²) in [7, 11) is -0.831. The number of hydrogen-bond donors (Lipinski definition) is 1. The molecule has 1 aliphatic heterocycles. The van der Waals surface area contributed by atoms with Gasteiger partial charge in [-0.05, 0) is 183 Å². The maximum atomic E-state index is 13.3. The second-order valence-corrected chi connectivity index (χ2v) is 49.0. The molecule has 0 aromatic carbocycles. The van der Waals surface area contributed by atoms with Crippen LogP contribution >= 0.6 is 66.7 Å². The van der Waals surface area contributed by atoms with Crippen molar-refractivity contribution >= 4 is 147 Å². The van der Waals surface area contributed by atoms with E-state index in [4.69, 9.17) is 74.5 Å². The van der Waals surface area contributed by atoms with Crippen molar-refractivity contribution in [2.24, 2.45) is 5.73 Å². The van der Waals surface area contributed by atoms with E-state index in [1.807, 2.05) is 46.0 Å². The SMILES string of the molecule is CC1(C)OB(c2ccc(C(F)(F)F)nc2Cl)OC1(C)C.CCC[CH2][Sn]([CH2]CCC)([CH2]CCC)[c]1cccc(C)n1.Cc1cccc(-c2nc(C(F)(F)F)ccc2-c2ccc3ncc(C(N)=O)n3c2)n1.FC(F)(F)c1ccc(Br)c(Cl)n1.[C-]#[N+]c1cnc2ccc(-c3ccc(C(F)(F)F)nc3-c3cccc(C)n3)cn12.[C-]#[N+]c1cnc2ccc(-c3ccc(C(F)(F)F)nc3Cl)cn12.[C-]#[N+]c1cnc2ccc(Br)cn12. The summed E-state index contributed by atoms with van der Waals surface area (Å²) < 4.78 is 216. The van der Waals surface area contributed by atoms with Crippen LogP contribution in [-0.2, 0) is 40.2 Å². The molecule has 0 aliphatic carbocycles. The Kier molecular flexibility index (Phi) is 36.3. The number of aryl methyl sites for hydroxylation is 3. The van der Waals surface area contributed by atoms with Crippen molar-refractivity contribution in [3.63, 3.8) is 0 Å². The van der Waals surface area contributed by atoms with Crippen molar-refractivity contribution in [2.75, 3.05) is 0 Å². The largest absolute Gasteiger partial charge is 0.433 e. The molecule has 742 valence electrons. The van der Waals surface area contributed by atoms with Crippen LogP contribution in [0.3, 0.4) is 0 Å². The van der Waals surface area contributed by atoms with E-state index in [0.717, 1.165) is 40.5 Å². The van der Waals surface area contributed by atoms with Gasteiger partial charge < -0.3 is 29.6 Å². The van der Waals surface area contributed by atoms with Crippen molar-refractivity contribution in [1.82, 2.24) is 77.4 Å². The third kappa shape index (κ3) is 27.9. The van der Waals surface area contributed by atoms with E-state index in [0.29, 0.717) is 100 Å². The van der Waals surface area contributed by atoms with Crippen molar-refractivity contribution < 1.29 is 80.0 Å². The molecule has 0 atom stereocenters. The molecule has 1 saturated heterocycles. The van der Waals surface area contributed by atoms with Gasteiger partial charge in [0.05, 0.1) is 86.3 Å². The minimum atomic E-state index is -4.59. The van der Waals surface area contributed by atoms with Crippen LogP contribution in [0.4, 0.5) is 83.3 Å². The summed E-state index contributed by atoms with van der Waals surface area (Å²) in [5.41, 5.74) is 8.33. The van der Waals surface area contributed by atoms with Gasteiger partial charge in [-0.2, -0.15) is 65.9 Å². The van der Waals surface area contributed by atoms with Crippen LogP contribution in [0, 0.1) is 40.5 Å². The predicted octanol–water partition coefficient (Wildman–Crippen LogP) is 28.5. The average molecular weight is 2270 g/mol. The molecule has 0 unspecified atom stereocenters. The summed E-state index contributed by atoms with van der Waals surface area (Å²) in [6.45, 7) is 41.2. The number of nitrogens with two attached hydrogens (primary N) is 1. The molecule has 17 heterocycles. The first-order valence-electron chi connectivity index (χ1n) is 43.5. The summed E-state index contributed by atoms with van der Waals surface area (Å²) in [5, 5.41) is -0.707. The summed E-state index contributed by atoms with van der Waals surface area (Å²) >= 11 is 21.1. The number of unbranched alkanes of at least 4 members (excludes halogenated alkanes) is 3. The molecule has 23 nitrogen and oxygen atoms in total. The Hall–Kier alpha value is -12.5. The molecule has 0 radical (unpaired) electrons. The number of imidazole rings is 4. The Morgan fingerprint density at radius 1 is 0.413 bits per heavy atom. The molecule has 1 amide bonds. The number of hydrogen-bond acceptors (Lipinski definition) is 15. The van der Waals surface area contributed by atoms with Gasteiger partial charge in [0, 0.05) is 74.6 Å². The van der Waals surface area contributed by atoms with Crippen molar-refractivity contribution in [1.29, 1.82) is 0 Å². The van der Waals surface area contributed by atoms with E-state index >= 15 is 0 Å². The van der Waals surface area contributed by atoms with E-state index < -0.39 is 102 Å². The topological polar surface area (TPSA) is 247 Å². The molecule has 1 aliphatic rings. The first-order chi connectivity index (χ1) is 67.3. The molecule has 0 spiro atoms. The van der Waals surface area contributed by atoms with Gasteiger partial charge in [-0.3, -0.25) is 19.2 Å². The number of fused-ring (bicyclic) bond motifs is 4. The van der Waals surface area contributed by atoms with Crippen LogP contribution in [0.5, 0.6) is 0 Å². The summed E-state index contributed by atoms with van der Waals surface area (Å²) in [6.07, 6.45) is -1.98. The van der Waals surface area contributed by atoms with E-state index in [2.05, 4.69) is 147 Å². The number of alkyl halides is 15. The molecular weight excluding hydrogens is 2190 g/mol. The van der Waals surface area contributed by atoms with Crippen LogP contribution in [0.2, 0.25) is 28.8 Å². The number of carbonyl (C=O) groups excluding carboxylic acids is 1. The van der Waals surface area contributed by atoms with E-state index in [1.165, 1.54) is 115 Å². The fourth-order valence-corrected chi connectivity index (χ4v) is 31.3. The fourth-order valence-electron chi connectivity index (χ4n) is 14.5. The van der Waals surface area contributed by atoms with Crippen LogP contribution < -0.4 is 14.9 Å². The van der Waals surface area contributed by atoms with Gasteiger partial charge in [0.1, 0.15) is 55.3 Å². The van der Waals surface area contributed by atoms with Crippen molar-refractivity contribution in [3.05, 3.63) is 323 Å². The number of pyridine rings is 12. The van der Waals surface area contributed by atoms with Gasteiger partial charge in [-0.25, -0.2) is 58.1 Å². The number of carbonyl (C=O) groups is 1. The normalized spacial score (nSPS) is 12.9. The van der Waals surface area contributed by atoms with Gasteiger partial charge in [0.25, 0.3) is 23.4 Å². The number of rotatable bonds is 17. The number of nitrogens with zero attached hydrogens (tertiary/aromatic N) is 19. The zero-order valence-electron chi connectivity index (χ0n) is 77.5.